The fourth-order valence-electron chi connectivity index (χ4n) is 1.82. The predicted molar refractivity (Wildman–Crippen MR) is 73.5 cm³/mol. The Morgan fingerprint density at radius 2 is 2.20 bits per heavy atom. The van der Waals surface area contributed by atoms with Crippen molar-refractivity contribution in [1.29, 1.82) is 0 Å². The molecule has 0 aliphatic carbocycles. The minimum absolute atomic E-state index is 0.192. The van der Waals surface area contributed by atoms with Gasteiger partial charge in [-0.1, -0.05) is 12.1 Å². The highest BCUT2D eigenvalue weighted by molar-refractivity contribution is 5.85. The predicted octanol–water partition coefficient (Wildman–Crippen LogP) is 2.81. The Labute approximate surface area is 117 Å². The second kappa shape index (κ2) is 5.40. The molecule has 0 aromatic heterocycles. The van der Waals surface area contributed by atoms with Gasteiger partial charge in [-0.05, 0) is 38.5 Å². The third-order valence-electron chi connectivity index (χ3n) is 2.61. The summed E-state index contributed by atoms with van der Waals surface area (Å²) in [6, 6.07) is 7.00. The van der Waals surface area contributed by atoms with E-state index in [0.717, 1.165) is 5.56 Å². The van der Waals surface area contributed by atoms with E-state index in [0.29, 0.717) is 5.69 Å². The summed E-state index contributed by atoms with van der Waals surface area (Å²) in [7, 11) is 0. The Hall–Kier alpha value is -2.24. The summed E-state index contributed by atoms with van der Waals surface area (Å²) in [5.41, 5.74) is 0.928. The molecule has 2 N–H and O–H groups in total. The van der Waals surface area contributed by atoms with Crippen LogP contribution in [0.1, 0.15) is 32.4 Å². The molecule has 1 aromatic carbocycles. The van der Waals surface area contributed by atoms with E-state index in [4.69, 9.17) is 9.47 Å². The van der Waals surface area contributed by atoms with E-state index in [2.05, 4.69) is 10.6 Å². The molecule has 108 valence electrons. The normalized spacial score (nSPS) is 18.1. The van der Waals surface area contributed by atoms with Gasteiger partial charge in [-0.15, -0.1) is 0 Å². The van der Waals surface area contributed by atoms with E-state index < -0.39 is 17.8 Å². The molecule has 0 saturated carbocycles. The summed E-state index contributed by atoms with van der Waals surface area (Å²) >= 11 is 0. The lowest BCUT2D eigenvalue weighted by molar-refractivity contribution is 0.0636. The Morgan fingerprint density at radius 1 is 1.45 bits per heavy atom. The monoisotopic (exact) mass is 278 g/mol. The summed E-state index contributed by atoms with van der Waals surface area (Å²) in [6.07, 6.45) is -0.943. The Kier molecular flexibility index (Phi) is 3.83. The van der Waals surface area contributed by atoms with Gasteiger partial charge in [-0.3, -0.25) is 5.32 Å². The van der Waals surface area contributed by atoms with Gasteiger partial charge in [-0.25, -0.2) is 9.59 Å². The zero-order chi connectivity index (χ0) is 14.8. The second-order valence-corrected chi connectivity index (χ2v) is 5.55. The van der Waals surface area contributed by atoms with Crippen molar-refractivity contribution in [3.63, 3.8) is 0 Å². The number of hydrogen-bond acceptors (Lipinski definition) is 4. The van der Waals surface area contributed by atoms with Crippen LogP contribution < -0.4 is 10.6 Å². The molecule has 20 heavy (non-hydrogen) atoms. The van der Waals surface area contributed by atoms with Crippen molar-refractivity contribution in [1.82, 2.24) is 5.32 Å². The molecular formula is C14H18N2O4. The molecule has 0 radical (unpaired) electrons. The van der Waals surface area contributed by atoms with Crippen LogP contribution in [0.15, 0.2) is 24.3 Å². The summed E-state index contributed by atoms with van der Waals surface area (Å²) in [5, 5.41) is 5.34. The first-order valence-electron chi connectivity index (χ1n) is 6.37. The lowest BCUT2D eigenvalue weighted by Gasteiger charge is -2.20. The molecule has 1 aromatic rings. The SMILES string of the molecule is CC(C)(C)OC(=O)Nc1cccc(C2COC(=O)N2)c1. The largest absolute Gasteiger partial charge is 0.447 e. The quantitative estimate of drug-likeness (QED) is 0.872. The van der Waals surface area contributed by atoms with Gasteiger partial charge in [0.25, 0.3) is 0 Å². The minimum Gasteiger partial charge on any atom is -0.447 e. The topological polar surface area (TPSA) is 76.7 Å². The van der Waals surface area contributed by atoms with Gasteiger partial charge in [0.05, 0.1) is 6.04 Å². The number of alkyl carbamates (subject to hydrolysis) is 1. The molecule has 0 spiro atoms. The summed E-state index contributed by atoms with van der Waals surface area (Å²) in [5.74, 6) is 0. The number of nitrogens with one attached hydrogen (secondary N) is 2. The molecule has 2 amide bonds. The van der Waals surface area contributed by atoms with Crippen LogP contribution >= 0.6 is 0 Å². The third-order valence-corrected chi connectivity index (χ3v) is 2.61. The van der Waals surface area contributed by atoms with Gasteiger partial charge in [-0.2, -0.15) is 0 Å². The number of hydrogen-bond donors (Lipinski definition) is 2. The van der Waals surface area contributed by atoms with Crippen LogP contribution in [-0.4, -0.2) is 24.4 Å². The maximum atomic E-state index is 11.7. The van der Waals surface area contributed by atoms with Crippen molar-refractivity contribution in [3.8, 4) is 0 Å². The molecule has 1 unspecified atom stereocenters. The zero-order valence-electron chi connectivity index (χ0n) is 11.7. The maximum Gasteiger partial charge on any atom is 0.412 e. The van der Waals surface area contributed by atoms with Crippen LogP contribution in [0, 0.1) is 0 Å². The van der Waals surface area contributed by atoms with E-state index in [9.17, 15) is 9.59 Å². The Morgan fingerprint density at radius 3 is 2.80 bits per heavy atom. The van der Waals surface area contributed by atoms with Crippen LogP contribution in [0.5, 0.6) is 0 Å². The molecule has 1 aliphatic heterocycles. The first-order valence-corrected chi connectivity index (χ1v) is 6.37. The van der Waals surface area contributed by atoms with Gasteiger partial charge >= 0.3 is 12.2 Å². The highest BCUT2D eigenvalue weighted by Crippen LogP contribution is 2.21. The molecule has 6 nitrogen and oxygen atoms in total. The average molecular weight is 278 g/mol. The minimum atomic E-state index is -0.547. The van der Waals surface area contributed by atoms with Crippen molar-refractivity contribution in [3.05, 3.63) is 29.8 Å². The van der Waals surface area contributed by atoms with Gasteiger partial charge in [0, 0.05) is 5.69 Å². The van der Waals surface area contributed by atoms with Gasteiger partial charge in [0.1, 0.15) is 12.2 Å². The summed E-state index contributed by atoms with van der Waals surface area (Å²) in [4.78, 5) is 22.7. The van der Waals surface area contributed by atoms with Gasteiger partial charge < -0.3 is 14.8 Å². The molecule has 1 aliphatic rings. The highest BCUT2D eigenvalue weighted by atomic mass is 16.6. The number of carbonyl (C=O) groups is 2. The number of carbonyl (C=O) groups excluding carboxylic acids is 2. The molecule has 1 atom stereocenters. The number of rotatable bonds is 2. The summed E-state index contributed by atoms with van der Waals surface area (Å²) in [6.45, 7) is 5.69. The lowest BCUT2D eigenvalue weighted by atomic mass is 10.1. The van der Waals surface area contributed by atoms with E-state index in [1.165, 1.54) is 0 Å². The third kappa shape index (κ3) is 3.88. The van der Waals surface area contributed by atoms with Crippen LogP contribution in [0.25, 0.3) is 0 Å². The second-order valence-electron chi connectivity index (χ2n) is 5.55. The fourth-order valence-corrected chi connectivity index (χ4v) is 1.82. The number of cyclic esters (lactones) is 1. The molecule has 2 rings (SSSR count). The van der Waals surface area contributed by atoms with Crippen molar-refractivity contribution < 1.29 is 19.1 Å². The van der Waals surface area contributed by atoms with Crippen LogP contribution in [-0.2, 0) is 9.47 Å². The molecule has 1 saturated heterocycles. The number of anilines is 1. The van der Waals surface area contributed by atoms with Crippen LogP contribution in [0.3, 0.4) is 0 Å². The van der Waals surface area contributed by atoms with Gasteiger partial charge in [0.2, 0.25) is 0 Å². The summed E-state index contributed by atoms with van der Waals surface area (Å²) < 4.78 is 10.0. The molecule has 1 heterocycles. The smallest absolute Gasteiger partial charge is 0.412 e. The molecule has 6 heteroatoms. The maximum absolute atomic E-state index is 11.7. The van der Waals surface area contributed by atoms with E-state index in [-0.39, 0.29) is 12.6 Å². The van der Waals surface area contributed by atoms with Crippen molar-refractivity contribution in [2.45, 2.75) is 32.4 Å². The van der Waals surface area contributed by atoms with E-state index in [1.54, 1.807) is 39.0 Å². The Bertz CT molecular complexity index is 522. The van der Waals surface area contributed by atoms with Crippen LogP contribution in [0.4, 0.5) is 15.3 Å². The standard InChI is InChI=1S/C14H18N2O4/c1-14(2,3)20-13(18)15-10-6-4-5-9(7-10)11-8-19-12(17)16-11/h4-7,11H,8H2,1-3H3,(H,15,18)(H,16,17). The highest BCUT2D eigenvalue weighted by Gasteiger charge is 2.24. The molecule has 0 bridgehead atoms. The number of ether oxygens (including phenoxy) is 2. The van der Waals surface area contributed by atoms with Crippen LogP contribution in [0.2, 0.25) is 0 Å². The van der Waals surface area contributed by atoms with Crippen molar-refractivity contribution in [2.24, 2.45) is 0 Å². The number of benzene rings is 1. The van der Waals surface area contributed by atoms with Crippen molar-refractivity contribution >= 4 is 17.9 Å². The number of amides is 2. The fraction of sp³-hybridized carbons (Fsp3) is 0.429. The molecular weight excluding hydrogens is 260 g/mol. The lowest BCUT2D eigenvalue weighted by Crippen LogP contribution is -2.27. The Balaban J connectivity index is 2.03. The van der Waals surface area contributed by atoms with Gasteiger partial charge in [0.15, 0.2) is 0 Å². The average Bonchev–Trinajstić information content (AvgIpc) is 2.73. The molecule has 1 fully saturated rings. The van der Waals surface area contributed by atoms with E-state index in [1.807, 2.05) is 6.07 Å². The van der Waals surface area contributed by atoms with E-state index >= 15 is 0 Å². The first kappa shape index (κ1) is 14.2. The zero-order valence-corrected chi connectivity index (χ0v) is 11.7. The van der Waals surface area contributed by atoms with Crippen molar-refractivity contribution in [2.75, 3.05) is 11.9 Å². The first-order chi connectivity index (χ1) is 9.33.